The second-order valence-corrected chi connectivity index (χ2v) is 6.43. The molecule has 136 valence electrons. The lowest BCUT2D eigenvalue weighted by Gasteiger charge is -2.04. The van der Waals surface area contributed by atoms with Crippen molar-refractivity contribution in [1.29, 1.82) is 0 Å². The maximum Gasteiger partial charge on any atom is 0.230 e. The standard InChI is InChI=1S/C20H18FN5O/c1-25-9-8-16-10-15(4-7-18(16)25)11-20(27)23-19-12-22-26(24-19)13-14-2-5-17(21)6-3-14/h2-10,12H,11,13H2,1H3,(H,23,24,27). The molecule has 0 saturated carbocycles. The van der Waals surface area contributed by atoms with Gasteiger partial charge in [-0.2, -0.15) is 9.90 Å². The molecule has 1 N–H and O–H groups in total. The number of aromatic nitrogens is 4. The molecule has 2 aromatic heterocycles. The molecule has 7 heteroatoms. The smallest absolute Gasteiger partial charge is 0.230 e. The number of carbonyl (C=O) groups is 1. The van der Waals surface area contributed by atoms with Crippen LogP contribution in [0.3, 0.4) is 0 Å². The Morgan fingerprint density at radius 3 is 2.70 bits per heavy atom. The molecule has 27 heavy (non-hydrogen) atoms. The lowest BCUT2D eigenvalue weighted by molar-refractivity contribution is -0.115. The van der Waals surface area contributed by atoms with Gasteiger partial charge in [0.1, 0.15) is 5.82 Å². The van der Waals surface area contributed by atoms with Crippen molar-refractivity contribution in [1.82, 2.24) is 19.6 Å². The Bertz CT molecular complexity index is 1100. The van der Waals surface area contributed by atoms with Gasteiger partial charge >= 0.3 is 0 Å². The summed E-state index contributed by atoms with van der Waals surface area (Å²) >= 11 is 0. The molecule has 0 saturated heterocycles. The van der Waals surface area contributed by atoms with E-state index in [2.05, 4.69) is 15.5 Å². The van der Waals surface area contributed by atoms with E-state index in [-0.39, 0.29) is 18.1 Å². The van der Waals surface area contributed by atoms with E-state index in [0.717, 1.165) is 22.0 Å². The van der Waals surface area contributed by atoms with Crippen LogP contribution in [0.25, 0.3) is 10.9 Å². The summed E-state index contributed by atoms with van der Waals surface area (Å²) < 4.78 is 15.0. The Morgan fingerprint density at radius 2 is 1.89 bits per heavy atom. The normalized spacial score (nSPS) is 11.0. The van der Waals surface area contributed by atoms with Gasteiger partial charge in [0.15, 0.2) is 5.82 Å². The lowest BCUT2D eigenvalue weighted by Crippen LogP contribution is -2.15. The van der Waals surface area contributed by atoms with E-state index in [4.69, 9.17) is 0 Å². The number of nitrogens with one attached hydrogen (secondary N) is 1. The molecule has 2 aromatic carbocycles. The zero-order valence-corrected chi connectivity index (χ0v) is 14.8. The Morgan fingerprint density at radius 1 is 1.11 bits per heavy atom. The summed E-state index contributed by atoms with van der Waals surface area (Å²) in [6.07, 6.45) is 3.76. The van der Waals surface area contributed by atoms with Crippen LogP contribution in [0.2, 0.25) is 0 Å². The van der Waals surface area contributed by atoms with Crippen LogP contribution < -0.4 is 5.32 Å². The number of benzene rings is 2. The van der Waals surface area contributed by atoms with Gasteiger partial charge in [0.2, 0.25) is 5.91 Å². The minimum absolute atomic E-state index is 0.154. The van der Waals surface area contributed by atoms with Gasteiger partial charge in [0.05, 0.1) is 19.2 Å². The molecule has 0 radical (unpaired) electrons. The van der Waals surface area contributed by atoms with Crippen molar-refractivity contribution in [2.24, 2.45) is 7.05 Å². The molecule has 6 nitrogen and oxygen atoms in total. The predicted octanol–water partition coefficient (Wildman–Crippen LogP) is 3.14. The first-order valence-corrected chi connectivity index (χ1v) is 8.55. The first kappa shape index (κ1) is 17.0. The third kappa shape index (κ3) is 3.87. The molecule has 0 aliphatic carbocycles. The van der Waals surface area contributed by atoms with Crippen LogP contribution in [0.5, 0.6) is 0 Å². The van der Waals surface area contributed by atoms with Gasteiger partial charge in [-0.15, -0.1) is 5.10 Å². The molecule has 0 unspecified atom stereocenters. The number of fused-ring (bicyclic) bond motifs is 1. The summed E-state index contributed by atoms with van der Waals surface area (Å²) in [5.74, 6) is -0.0455. The van der Waals surface area contributed by atoms with E-state index in [0.29, 0.717) is 12.4 Å². The Hall–Kier alpha value is -3.48. The quantitative estimate of drug-likeness (QED) is 0.592. The van der Waals surface area contributed by atoms with Crippen molar-refractivity contribution in [3.05, 3.63) is 77.9 Å². The average molecular weight is 363 g/mol. The molecule has 4 rings (SSSR count). The van der Waals surface area contributed by atoms with Gasteiger partial charge in [-0.05, 0) is 46.8 Å². The fourth-order valence-electron chi connectivity index (χ4n) is 3.00. The Labute approximate surface area is 155 Å². The van der Waals surface area contributed by atoms with Crippen LogP contribution in [0.1, 0.15) is 11.1 Å². The van der Waals surface area contributed by atoms with E-state index in [1.165, 1.54) is 23.1 Å². The number of hydrogen-bond acceptors (Lipinski definition) is 3. The molecule has 1 amide bonds. The summed E-state index contributed by atoms with van der Waals surface area (Å²) in [7, 11) is 1.99. The van der Waals surface area contributed by atoms with E-state index >= 15 is 0 Å². The molecular weight excluding hydrogens is 345 g/mol. The molecule has 0 fully saturated rings. The molecule has 0 aliphatic rings. The minimum Gasteiger partial charge on any atom is -0.351 e. The highest BCUT2D eigenvalue weighted by molar-refractivity contribution is 5.92. The summed E-state index contributed by atoms with van der Waals surface area (Å²) in [5.41, 5.74) is 2.94. The van der Waals surface area contributed by atoms with Gasteiger partial charge in [-0.25, -0.2) is 4.39 Å². The third-order valence-electron chi connectivity index (χ3n) is 4.36. The SMILES string of the molecule is Cn1ccc2cc(CC(=O)Nc3cnn(Cc4ccc(F)cc4)n3)ccc21. The molecule has 0 aliphatic heterocycles. The Balaban J connectivity index is 1.39. The number of anilines is 1. The van der Waals surface area contributed by atoms with Crippen LogP contribution in [0, 0.1) is 5.82 Å². The highest BCUT2D eigenvalue weighted by Gasteiger charge is 2.09. The number of rotatable bonds is 5. The molecule has 0 atom stereocenters. The fraction of sp³-hybridized carbons (Fsp3) is 0.150. The van der Waals surface area contributed by atoms with Crippen LogP contribution in [-0.4, -0.2) is 25.5 Å². The first-order valence-electron chi connectivity index (χ1n) is 8.55. The lowest BCUT2D eigenvalue weighted by atomic mass is 10.1. The predicted molar refractivity (Wildman–Crippen MR) is 101 cm³/mol. The molecule has 4 aromatic rings. The largest absolute Gasteiger partial charge is 0.351 e. The summed E-state index contributed by atoms with van der Waals surface area (Å²) in [6, 6.07) is 14.1. The number of aryl methyl sites for hydroxylation is 1. The van der Waals surface area contributed by atoms with Gasteiger partial charge < -0.3 is 9.88 Å². The summed E-state index contributed by atoms with van der Waals surface area (Å²) in [5, 5.41) is 12.2. The number of carbonyl (C=O) groups excluding carboxylic acids is 1. The van der Waals surface area contributed by atoms with Crippen LogP contribution >= 0.6 is 0 Å². The van der Waals surface area contributed by atoms with Crippen molar-refractivity contribution >= 4 is 22.6 Å². The topological polar surface area (TPSA) is 64.7 Å². The van der Waals surface area contributed by atoms with Crippen molar-refractivity contribution < 1.29 is 9.18 Å². The third-order valence-corrected chi connectivity index (χ3v) is 4.36. The van der Waals surface area contributed by atoms with Crippen LogP contribution in [0.4, 0.5) is 10.2 Å². The zero-order valence-electron chi connectivity index (χ0n) is 14.8. The molecule has 0 spiro atoms. The highest BCUT2D eigenvalue weighted by Crippen LogP contribution is 2.17. The van der Waals surface area contributed by atoms with E-state index in [1.54, 1.807) is 12.1 Å². The van der Waals surface area contributed by atoms with Crippen LogP contribution in [0.15, 0.2) is 60.9 Å². The van der Waals surface area contributed by atoms with Crippen LogP contribution in [-0.2, 0) is 24.8 Å². The minimum atomic E-state index is -0.284. The second kappa shape index (κ2) is 7.03. The Kier molecular flexibility index (Phi) is 4.42. The van der Waals surface area contributed by atoms with Crippen molar-refractivity contribution in [3.63, 3.8) is 0 Å². The average Bonchev–Trinajstić information content (AvgIpc) is 3.23. The van der Waals surface area contributed by atoms with Crippen molar-refractivity contribution in [3.8, 4) is 0 Å². The van der Waals surface area contributed by atoms with Gasteiger partial charge in [0.25, 0.3) is 0 Å². The maximum absolute atomic E-state index is 13.0. The summed E-state index contributed by atoms with van der Waals surface area (Å²) in [4.78, 5) is 13.8. The first-order chi connectivity index (χ1) is 13.1. The second-order valence-electron chi connectivity index (χ2n) is 6.43. The molecule has 0 bridgehead atoms. The van der Waals surface area contributed by atoms with Gasteiger partial charge in [0, 0.05) is 18.8 Å². The number of hydrogen-bond donors (Lipinski definition) is 1. The zero-order chi connectivity index (χ0) is 18.8. The summed E-state index contributed by atoms with van der Waals surface area (Å²) in [6.45, 7) is 0.404. The maximum atomic E-state index is 13.0. The fourth-order valence-corrected chi connectivity index (χ4v) is 3.00. The van der Waals surface area contributed by atoms with E-state index in [1.807, 2.05) is 42.1 Å². The monoisotopic (exact) mass is 363 g/mol. The van der Waals surface area contributed by atoms with E-state index < -0.39 is 0 Å². The number of halogens is 1. The van der Waals surface area contributed by atoms with Crippen molar-refractivity contribution in [2.45, 2.75) is 13.0 Å². The van der Waals surface area contributed by atoms with E-state index in [9.17, 15) is 9.18 Å². The molecular formula is C20H18FN5O. The number of amides is 1. The highest BCUT2D eigenvalue weighted by atomic mass is 19.1. The van der Waals surface area contributed by atoms with Gasteiger partial charge in [-0.3, -0.25) is 4.79 Å². The van der Waals surface area contributed by atoms with Crippen molar-refractivity contribution in [2.75, 3.05) is 5.32 Å². The van der Waals surface area contributed by atoms with Gasteiger partial charge in [-0.1, -0.05) is 18.2 Å². The number of nitrogens with zero attached hydrogens (tertiary/aromatic N) is 4. The molecule has 2 heterocycles.